The first kappa shape index (κ1) is 20.3. The number of nitrogens with zero attached hydrogens (tertiary/aromatic N) is 2. The second-order valence-corrected chi connectivity index (χ2v) is 7.66. The second-order valence-electron chi connectivity index (χ2n) is 7.66. The molecule has 1 aliphatic rings. The molecule has 0 unspecified atom stereocenters. The molecule has 3 nitrogen and oxygen atoms in total. The fourth-order valence-electron chi connectivity index (χ4n) is 3.94. The number of halogens is 1. The van der Waals surface area contributed by atoms with Crippen LogP contribution < -0.4 is 0 Å². The number of rotatable bonds is 7. The summed E-state index contributed by atoms with van der Waals surface area (Å²) in [6, 6.07) is 14.6. The summed E-state index contributed by atoms with van der Waals surface area (Å²) >= 11 is 0. The van der Waals surface area contributed by atoms with Gasteiger partial charge in [0.15, 0.2) is 0 Å². The summed E-state index contributed by atoms with van der Waals surface area (Å²) in [5.41, 5.74) is 2.50. The van der Waals surface area contributed by atoms with Crippen LogP contribution >= 0.6 is 0 Å². The van der Waals surface area contributed by atoms with Crippen LogP contribution in [0.5, 0.6) is 0 Å². The summed E-state index contributed by atoms with van der Waals surface area (Å²) in [7, 11) is 1.88. The van der Waals surface area contributed by atoms with Gasteiger partial charge in [-0.05, 0) is 61.1 Å². The van der Waals surface area contributed by atoms with Gasteiger partial charge in [0.25, 0.3) is 5.91 Å². The number of piperidine rings is 1. The quantitative estimate of drug-likeness (QED) is 0.706. The van der Waals surface area contributed by atoms with E-state index in [0.29, 0.717) is 11.5 Å². The van der Waals surface area contributed by atoms with Crippen molar-refractivity contribution in [3.63, 3.8) is 0 Å². The van der Waals surface area contributed by atoms with Crippen molar-refractivity contribution in [2.75, 3.05) is 33.2 Å². The molecule has 0 saturated carbocycles. The molecule has 2 aromatic rings. The van der Waals surface area contributed by atoms with Crippen LogP contribution in [0.15, 0.2) is 55.1 Å². The van der Waals surface area contributed by atoms with Gasteiger partial charge in [0, 0.05) is 32.2 Å². The van der Waals surface area contributed by atoms with Gasteiger partial charge in [-0.3, -0.25) is 4.79 Å². The van der Waals surface area contributed by atoms with E-state index in [1.54, 1.807) is 12.1 Å². The molecule has 0 aliphatic carbocycles. The zero-order valence-electron chi connectivity index (χ0n) is 16.6. The first-order valence-corrected chi connectivity index (χ1v) is 10.0. The van der Waals surface area contributed by atoms with Crippen LogP contribution in [0.4, 0.5) is 4.39 Å². The SMILES string of the molecule is C=Cc1ccc(C(=O)N(C)C[C@@H]2CCCN(CCc3ccccc3F)C2)cc1. The third kappa shape index (κ3) is 5.29. The Hall–Kier alpha value is -2.46. The predicted molar refractivity (Wildman–Crippen MR) is 113 cm³/mol. The largest absolute Gasteiger partial charge is 0.341 e. The van der Waals surface area contributed by atoms with Gasteiger partial charge in [0.05, 0.1) is 0 Å². The zero-order valence-corrected chi connectivity index (χ0v) is 16.6. The molecule has 0 aromatic heterocycles. The maximum Gasteiger partial charge on any atom is 0.253 e. The van der Waals surface area contributed by atoms with Crippen molar-refractivity contribution in [1.82, 2.24) is 9.80 Å². The predicted octanol–water partition coefficient (Wildman–Crippen LogP) is 4.50. The zero-order chi connectivity index (χ0) is 19.9. The average molecular weight is 381 g/mol. The maximum absolute atomic E-state index is 13.8. The maximum atomic E-state index is 13.8. The van der Waals surface area contributed by atoms with E-state index in [0.717, 1.165) is 56.6 Å². The van der Waals surface area contributed by atoms with Crippen molar-refractivity contribution in [3.8, 4) is 0 Å². The number of carbonyl (C=O) groups excluding carboxylic acids is 1. The molecule has 148 valence electrons. The van der Waals surface area contributed by atoms with Gasteiger partial charge in [0.1, 0.15) is 5.82 Å². The van der Waals surface area contributed by atoms with E-state index in [2.05, 4.69) is 11.5 Å². The van der Waals surface area contributed by atoms with Crippen LogP contribution in [0.3, 0.4) is 0 Å². The topological polar surface area (TPSA) is 23.6 Å². The lowest BCUT2D eigenvalue weighted by Gasteiger charge is -2.34. The third-order valence-corrected chi connectivity index (χ3v) is 5.53. The third-order valence-electron chi connectivity index (χ3n) is 5.53. The highest BCUT2D eigenvalue weighted by atomic mass is 19.1. The van der Waals surface area contributed by atoms with Gasteiger partial charge >= 0.3 is 0 Å². The lowest BCUT2D eigenvalue weighted by molar-refractivity contribution is 0.0730. The number of carbonyl (C=O) groups is 1. The summed E-state index contributed by atoms with van der Waals surface area (Å²) in [5, 5.41) is 0. The molecule has 0 radical (unpaired) electrons. The van der Waals surface area contributed by atoms with Crippen molar-refractivity contribution >= 4 is 12.0 Å². The molecule has 1 aliphatic heterocycles. The van der Waals surface area contributed by atoms with Crippen molar-refractivity contribution in [2.45, 2.75) is 19.3 Å². The van der Waals surface area contributed by atoms with E-state index in [-0.39, 0.29) is 11.7 Å². The first-order chi connectivity index (χ1) is 13.6. The van der Waals surface area contributed by atoms with Crippen LogP contribution in [-0.4, -0.2) is 48.9 Å². The lowest BCUT2D eigenvalue weighted by atomic mass is 9.96. The van der Waals surface area contributed by atoms with E-state index in [1.807, 2.05) is 48.3 Å². The molecule has 0 N–H and O–H groups in total. The summed E-state index contributed by atoms with van der Waals surface area (Å²) < 4.78 is 13.8. The highest BCUT2D eigenvalue weighted by Gasteiger charge is 2.23. The molecule has 1 saturated heterocycles. The summed E-state index contributed by atoms with van der Waals surface area (Å²) in [6.07, 6.45) is 4.75. The van der Waals surface area contributed by atoms with E-state index >= 15 is 0 Å². The van der Waals surface area contributed by atoms with E-state index < -0.39 is 0 Å². The average Bonchev–Trinajstić information content (AvgIpc) is 2.73. The molecule has 1 heterocycles. The molecule has 28 heavy (non-hydrogen) atoms. The van der Waals surface area contributed by atoms with Crippen molar-refractivity contribution < 1.29 is 9.18 Å². The van der Waals surface area contributed by atoms with Gasteiger partial charge in [0.2, 0.25) is 0 Å². The Kier molecular flexibility index (Phi) is 6.99. The van der Waals surface area contributed by atoms with Gasteiger partial charge in [-0.25, -0.2) is 4.39 Å². The molecular formula is C24H29FN2O. The Labute approximate surface area is 167 Å². The number of hydrogen-bond acceptors (Lipinski definition) is 2. The van der Waals surface area contributed by atoms with Gasteiger partial charge in [-0.15, -0.1) is 0 Å². The molecule has 4 heteroatoms. The minimum Gasteiger partial charge on any atom is -0.341 e. The fourth-order valence-corrected chi connectivity index (χ4v) is 3.94. The molecule has 2 aromatic carbocycles. The number of benzene rings is 2. The summed E-state index contributed by atoms with van der Waals surface area (Å²) in [4.78, 5) is 16.9. The smallest absolute Gasteiger partial charge is 0.253 e. The Bertz CT molecular complexity index is 803. The minimum absolute atomic E-state index is 0.0547. The molecule has 3 rings (SSSR count). The van der Waals surface area contributed by atoms with Crippen LogP contribution in [-0.2, 0) is 6.42 Å². The highest BCUT2D eigenvalue weighted by molar-refractivity contribution is 5.94. The lowest BCUT2D eigenvalue weighted by Crippen LogP contribution is -2.42. The van der Waals surface area contributed by atoms with Crippen LogP contribution in [0.25, 0.3) is 6.08 Å². The second kappa shape index (κ2) is 9.65. The molecular weight excluding hydrogens is 351 g/mol. The molecule has 1 amide bonds. The number of hydrogen-bond donors (Lipinski definition) is 0. The van der Waals surface area contributed by atoms with Crippen molar-refractivity contribution in [1.29, 1.82) is 0 Å². The Morgan fingerprint density at radius 1 is 1.25 bits per heavy atom. The highest BCUT2D eigenvalue weighted by Crippen LogP contribution is 2.19. The normalized spacial score (nSPS) is 17.3. The van der Waals surface area contributed by atoms with Gasteiger partial charge in [-0.1, -0.05) is 43.0 Å². The molecule has 1 atom stereocenters. The number of amides is 1. The number of likely N-dealkylation sites (tertiary alicyclic amines) is 1. The van der Waals surface area contributed by atoms with E-state index in [9.17, 15) is 9.18 Å². The monoisotopic (exact) mass is 380 g/mol. The van der Waals surface area contributed by atoms with Crippen LogP contribution in [0, 0.1) is 11.7 Å². The molecule has 0 bridgehead atoms. The minimum atomic E-state index is -0.121. The fraction of sp³-hybridized carbons (Fsp3) is 0.375. The van der Waals surface area contributed by atoms with Gasteiger partial charge < -0.3 is 9.80 Å². The standard InChI is InChI=1S/C24H29FN2O/c1-3-19-10-12-22(13-11-19)24(28)26(2)17-20-7-6-15-27(18-20)16-14-21-8-4-5-9-23(21)25/h3-5,8-13,20H,1,6-7,14-18H2,2H3/t20-/m0/s1. The molecule has 1 fully saturated rings. The molecule has 0 spiro atoms. The van der Waals surface area contributed by atoms with Crippen LogP contribution in [0.2, 0.25) is 0 Å². The summed E-state index contributed by atoms with van der Waals surface area (Å²) in [5.74, 6) is 0.388. The van der Waals surface area contributed by atoms with E-state index in [1.165, 1.54) is 6.07 Å². The van der Waals surface area contributed by atoms with Crippen molar-refractivity contribution in [3.05, 3.63) is 77.6 Å². The van der Waals surface area contributed by atoms with Gasteiger partial charge in [-0.2, -0.15) is 0 Å². The summed E-state index contributed by atoms with van der Waals surface area (Å²) in [6.45, 7) is 7.36. The van der Waals surface area contributed by atoms with E-state index in [4.69, 9.17) is 0 Å². The Morgan fingerprint density at radius 3 is 2.71 bits per heavy atom. The van der Waals surface area contributed by atoms with Crippen LogP contribution in [0.1, 0.15) is 34.3 Å². The Balaban J connectivity index is 1.51. The Morgan fingerprint density at radius 2 is 2.00 bits per heavy atom. The van der Waals surface area contributed by atoms with Crippen molar-refractivity contribution in [2.24, 2.45) is 5.92 Å². The first-order valence-electron chi connectivity index (χ1n) is 10.0.